The number of urea groups is 1. The van der Waals surface area contributed by atoms with Crippen LogP contribution in [0, 0.1) is 18.3 Å². The summed E-state index contributed by atoms with van der Waals surface area (Å²) in [6.07, 6.45) is 0.709. The Labute approximate surface area is 177 Å². The predicted molar refractivity (Wildman–Crippen MR) is 120 cm³/mol. The van der Waals surface area contributed by atoms with E-state index in [9.17, 15) is 4.79 Å². The molecule has 0 saturated carbocycles. The first-order chi connectivity index (χ1) is 14.2. The summed E-state index contributed by atoms with van der Waals surface area (Å²) in [5.74, 6) is 0.591. The summed E-state index contributed by atoms with van der Waals surface area (Å²) in [7, 11) is 0. The molecule has 0 atom stereocenters. The zero-order valence-corrected chi connectivity index (χ0v) is 18.1. The molecule has 0 aliphatic rings. The monoisotopic (exact) mass is 401 g/mol. The van der Waals surface area contributed by atoms with Gasteiger partial charge in [0, 0.05) is 17.2 Å². The SMILES string of the molecule is CCc1cc(C#N)ccc1NC(=O)Nc1cc(C(C)(C)C)nn1-c1ccc(C)cc1. The van der Waals surface area contributed by atoms with E-state index in [1.54, 1.807) is 22.9 Å². The summed E-state index contributed by atoms with van der Waals surface area (Å²) in [5, 5.41) is 19.7. The number of hydrogen-bond donors (Lipinski definition) is 2. The molecule has 0 aliphatic carbocycles. The third kappa shape index (κ3) is 4.69. The maximum Gasteiger partial charge on any atom is 0.324 e. The lowest BCUT2D eigenvalue weighted by Crippen LogP contribution is -2.22. The molecule has 2 N–H and O–H groups in total. The third-order valence-corrected chi connectivity index (χ3v) is 4.86. The summed E-state index contributed by atoms with van der Waals surface area (Å²) in [5.41, 5.74) is 4.92. The van der Waals surface area contributed by atoms with Crippen LogP contribution < -0.4 is 10.6 Å². The highest BCUT2D eigenvalue weighted by Gasteiger charge is 2.21. The van der Waals surface area contributed by atoms with Crippen LogP contribution in [-0.4, -0.2) is 15.8 Å². The van der Waals surface area contributed by atoms with E-state index in [1.165, 1.54) is 0 Å². The van der Waals surface area contributed by atoms with Gasteiger partial charge in [0.25, 0.3) is 0 Å². The van der Waals surface area contributed by atoms with E-state index in [2.05, 4.69) is 37.5 Å². The van der Waals surface area contributed by atoms with Crippen molar-refractivity contribution < 1.29 is 4.79 Å². The van der Waals surface area contributed by atoms with Gasteiger partial charge in [0.15, 0.2) is 0 Å². The van der Waals surface area contributed by atoms with Crippen molar-refractivity contribution in [2.45, 2.75) is 46.5 Å². The minimum atomic E-state index is -0.358. The van der Waals surface area contributed by atoms with Crippen LogP contribution in [0.3, 0.4) is 0 Å². The molecule has 1 aromatic heterocycles. The number of amides is 2. The summed E-state index contributed by atoms with van der Waals surface area (Å²) in [6.45, 7) is 10.3. The first-order valence-corrected chi connectivity index (χ1v) is 10.00. The number of nitriles is 1. The van der Waals surface area contributed by atoms with Crippen molar-refractivity contribution in [3.05, 3.63) is 70.9 Å². The van der Waals surface area contributed by atoms with Crippen LogP contribution in [0.25, 0.3) is 5.69 Å². The number of carbonyl (C=O) groups excluding carboxylic acids is 1. The molecule has 3 aromatic rings. The number of carbonyl (C=O) groups is 1. The van der Waals surface area contributed by atoms with Crippen molar-refractivity contribution in [1.29, 1.82) is 5.26 Å². The Hall–Kier alpha value is -3.59. The molecule has 0 fully saturated rings. The minimum Gasteiger partial charge on any atom is -0.307 e. The fourth-order valence-corrected chi connectivity index (χ4v) is 3.07. The fourth-order valence-electron chi connectivity index (χ4n) is 3.07. The molecular weight excluding hydrogens is 374 g/mol. The Morgan fingerprint density at radius 3 is 2.40 bits per heavy atom. The van der Waals surface area contributed by atoms with Crippen LogP contribution >= 0.6 is 0 Å². The van der Waals surface area contributed by atoms with Crippen LogP contribution in [-0.2, 0) is 11.8 Å². The number of aryl methyl sites for hydroxylation is 2. The van der Waals surface area contributed by atoms with Gasteiger partial charge in [0.1, 0.15) is 5.82 Å². The van der Waals surface area contributed by atoms with Gasteiger partial charge in [-0.05, 0) is 49.2 Å². The van der Waals surface area contributed by atoms with Gasteiger partial charge in [0.2, 0.25) is 0 Å². The highest BCUT2D eigenvalue weighted by atomic mass is 16.2. The average molecular weight is 402 g/mol. The van der Waals surface area contributed by atoms with Crippen LogP contribution in [0.2, 0.25) is 0 Å². The smallest absolute Gasteiger partial charge is 0.307 e. The number of aromatic nitrogens is 2. The van der Waals surface area contributed by atoms with Gasteiger partial charge in [-0.3, -0.25) is 5.32 Å². The molecule has 0 unspecified atom stereocenters. The van der Waals surface area contributed by atoms with E-state index < -0.39 is 0 Å². The standard InChI is InChI=1S/C24H27N5O/c1-6-18-13-17(15-25)9-12-20(18)26-23(30)27-22-14-21(24(3,4)5)28-29(22)19-10-7-16(2)8-11-19/h7-14H,6H2,1-5H3,(H2,26,27,30). The molecular formula is C24H27N5O. The molecule has 0 aliphatic heterocycles. The zero-order chi connectivity index (χ0) is 21.9. The van der Waals surface area contributed by atoms with Crippen molar-refractivity contribution in [3.63, 3.8) is 0 Å². The number of nitrogens with one attached hydrogen (secondary N) is 2. The fraction of sp³-hybridized carbons (Fsp3) is 0.292. The van der Waals surface area contributed by atoms with E-state index in [-0.39, 0.29) is 11.4 Å². The largest absolute Gasteiger partial charge is 0.324 e. The Kier molecular flexibility index (Phi) is 5.93. The van der Waals surface area contributed by atoms with Gasteiger partial charge in [-0.1, -0.05) is 45.4 Å². The van der Waals surface area contributed by atoms with Crippen LogP contribution in [0.1, 0.15) is 50.1 Å². The Bertz CT molecular complexity index is 1100. The molecule has 0 bridgehead atoms. The second-order valence-electron chi connectivity index (χ2n) is 8.33. The van der Waals surface area contributed by atoms with Crippen molar-refractivity contribution >= 4 is 17.5 Å². The molecule has 6 nitrogen and oxygen atoms in total. The quantitative estimate of drug-likeness (QED) is 0.601. The topological polar surface area (TPSA) is 82.7 Å². The van der Waals surface area contributed by atoms with Gasteiger partial charge in [-0.15, -0.1) is 0 Å². The summed E-state index contributed by atoms with van der Waals surface area (Å²) in [4.78, 5) is 12.8. The van der Waals surface area contributed by atoms with Gasteiger partial charge >= 0.3 is 6.03 Å². The average Bonchev–Trinajstić information content (AvgIpc) is 3.13. The summed E-state index contributed by atoms with van der Waals surface area (Å²) < 4.78 is 1.75. The Balaban J connectivity index is 1.90. The number of anilines is 2. The molecule has 0 radical (unpaired) electrons. The Morgan fingerprint density at radius 1 is 1.10 bits per heavy atom. The van der Waals surface area contributed by atoms with E-state index >= 15 is 0 Å². The highest BCUT2D eigenvalue weighted by Crippen LogP contribution is 2.27. The van der Waals surface area contributed by atoms with Crippen LogP contribution in [0.5, 0.6) is 0 Å². The predicted octanol–water partition coefficient (Wildman–Crippen LogP) is 5.56. The van der Waals surface area contributed by atoms with Crippen LogP contribution in [0.15, 0.2) is 48.5 Å². The number of nitrogens with zero attached hydrogens (tertiary/aromatic N) is 3. The molecule has 0 spiro atoms. The highest BCUT2D eigenvalue weighted by molar-refractivity contribution is 6.00. The molecule has 3 rings (SSSR count). The third-order valence-electron chi connectivity index (χ3n) is 4.86. The van der Waals surface area contributed by atoms with E-state index in [0.717, 1.165) is 22.5 Å². The van der Waals surface area contributed by atoms with Gasteiger partial charge < -0.3 is 5.32 Å². The van der Waals surface area contributed by atoms with Gasteiger partial charge in [-0.2, -0.15) is 10.4 Å². The first-order valence-electron chi connectivity index (χ1n) is 10.00. The molecule has 2 amide bonds. The normalized spacial score (nSPS) is 11.1. The van der Waals surface area contributed by atoms with E-state index in [1.807, 2.05) is 44.2 Å². The van der Waals surface area contributed by atoms with Gasteiger partial charge in [0.05, 0.1) is 23.0 Å². The molecule has 30 heavy (non-hydrogen) atoms. The lowest BCUT2D eigenvalue weighted by molar-refractivity contribution is 0.262. The van der Waals surface area contributed by atoms with Crippen molar-refractivity contribution in [1.82, 2.24) is 9.78 Å². The van der Waals surface area contributed by atoms with Crippen molar-refractivity contribution in [2.75, 3.05) is 10.6 Å². The number of benzene rings is 2. The van der Waals surface area contributed by atoms with Crippen molar-refractivity contribution in [2.24, 2.45) is 0 Å². The Morgan fingerprint density at radius 2 is 1.80 bits per heavy atom. The molecule has 1 heterocycles. The second-order valence-corrected chi connectivity index (χ2v) is 8.33. The first kappa shape index (κ1) is 21.1. The zero-order valence-electron chi connectivity index (χ0n) is 18.1. The lowest BCUT2D eigenvalue weighted by Gasteiger charge is -2.14. The van der Waals surface area contributed by atoms with Crippen molar-refractivity contribution in [3.8, 4) is 11.8 Å². The number of hydrogen-bond acceptors (Lipinski definition) is 3. The molecule has 0 saturated heterocycles. The lowest BCUT2D eigenvalue weighted by atomic mass is 9.92. The molecule has 6 heteroatoms. The maximum atomic E-state index is 12.8. The molecule has 2 aromatic carbocycles. The van der Waals surface area contributed by atoms with E-state index in [0.29, 0.717) is 23.5 Å². The van der Waals surface area contributed by atoms with Gasteiger partial charge in [-0.25, -0.2) is 9.48 Å². The van der Waals surface area contributed by atoms with Crippen LogP contribution in [0.4, 0.5) is 16.3 Å². The van der Waals surface area contributed by atoms with E-state index in [4.69, 9.17) is 10.4 Å². The summed E-state index contributed by atoms with van der Waals surface area (Å²) >= 11 is 0. The summed E-state index contributed by atoms with van der Waals surface area (Å²) in [6, 6.07) is 16.9. The number of rotatable bonds is 4. The molecule has 154 valence electrons. The maximum absolute atomic E-state index is 12.8. The minimum absolute atomic E-state index is 0.161. The second kappa shape index (κ2) is 8.42.